The summed E-state index contributed by atoms with van der Waals surface area (Å²) in [4.78, 5) is 22.3. The third-order valence-electron chi connectivity index (χ3n) is 7.48. The van der Waals surface area contributed by atoms with Gasteiger partial charge in [-0.3, -0.25) is 4.79 Å². The Labute approximate surface area is 159 Å². The van der Waals surface area contributed by atoms with E-state index in [9.17, 15) is 9.90 Å². The number of amides is 1. The van der Waals surface area contributed by atoms with Crippen LogP contribution in [0.1, 0.15) is 79.8 Å². The van der Waals surface area contributed by atoms with Crippen LogP contribution in [0.4, 0.5) is 5.95 Å². The van der Waals surface area contributed by atoms with Gasteiger partial charge in [-0.05, 0) is 75.5 Å². The highest BCUT2D eigenvalue weighted by Crippen LogP contribution is 2.55. The zero-order valence-electron chi connectivity index (χ0n) is 15.7. The minimum Gasteiger partial charge on any atom is -0.390 e. The summed E-state index contributed by atoms with van der Waals surface area (Å²) >= 11 is 0. The Hall–Kier alpha value is -1.69. The van der Waals surface area contributed by atoms with E-state index in [-0.39, 0.29) is 11.9 Å². The molecule has 4 bridgehead atoms. The molecule has 6 heteroatoms. The van der Waals surface area contributed by atoms with Gasteiger partial charge in [0.1, 0.15) is 0 Å². The molecule has 6 aliphatic rings. The number of nitrogens with one attached hydrogen (secondary N) is 2. The molecule has 0 radical (unpaired) electrons. The van der Waals surface area contributed by atoms with Crippen molar-refractivity contribution in [3.63, 3.8) is 0 Å². The first-order chi connectivity index (χ1) is 13.1. The molecule has 1 amide bonds. The maximum absolute atomic E-state index is 13.1. The molecule has 7 rings (SSSR count). The lowest BCUT2D eigenvalue weighted by molar-refractivity contribution is -0.136. The Morgan fingerprint density at radius 1 is 1.11 bits per heavy atom. The van der Waals surface area contributed by atoms with Crippen LogP contribution in [0.3, 0.4) is 0 Å². The summed E-state index contributed by atoms with van der Waals surface area (Å²) in [7, 11) is 0. The van der Waals surface area contributed by atoms with E-state index in [1.807, 2.05) is 0 Å². The maximum atomic E-state index is 13.1. The number of aliphatic hydroxyl groups is 1. The topological polar surface area (TPSA) is 87.1 Å². The van der Waals surface area contributed by atoms with Crippen LogP contribution in [-0.2, 0) is 0 Å². The normalized spacial score (nSPS) is 39.4. The van der Waals surface area contributed by atoms with Gasteiger partial charge in [-0.2, -0.15) is 0 Å². The summed E-state index contributed by atoms with van der Waals surface area (Å²) in [6.07, 6.45) is 11.3. The summed E-state index contributed by atoms with van der Waals surface area (Å²) in [6.45, 7) is 0. The van der Waals surface area contributed by atoms with E-state index >= 15 is 0 Å². The molecule has 27 heavy (non-hydrogen) atoms. The average Bonchev–Trinajstić information content (AvgIpc) is 3.50. The quantitative estimate of drug-likeness (QED) is 0.744. The molecular weight excluding hydrogens is 340 g/mol. The number of anilines is 1. The molecule has 144 valence electrons. The molecule has 6 aliphatic carbocycles. The molecule has 6 nitrogen and oxygen atoms in total. The van der Waals surface area contributed by atoms with Crippen molar-refractivity contribution < 1.29 is 9.90 Å². The lowest BCUT2D eigenvalue weighted by Gasteiger charge is -2.58. The minimum absolute atomic E-state index is 0.0145. The molecule has 2 atom stereocenters. The molecule has 0 spiro atoms. The highest BCUT2D eigenvalue weighted by molar-refractivity contribution is 5.95. The van der Waals surface area contributed by atoms with Gasteiger partial charge >= 0.3 is 0 Å². The Balaban J connectivity index is 1.23. The van der Waals surface area contributed by atoms with Crippen molar-refractivity contribution in [1.29, 1.82) is 0 Å². The number of carbonyl (C=O) groups excluding carboxylic acids is 1. The predicted octanol–water partition coefficient (Wildman–Crippen LogP) is 2.60. The molecular formula is C21H28N4O2. The first kappa shape index (κ1) is 16.3. The molecule has 1 heterocycles. The molecule has 0 aromatic carbocycles. The molecule has 1 aromatic rings. The van der Waals surface area contributed by atoms with Gasteiger partial charge in [-0.25, -0.2) is 9.97 Å². The van der Waals surface area contributed by atoms with Crippen molar-refractivity contribution in [2.24, 2.45) is 17.8 Å². The second kappa shape index (κ2) is 5.66. The standard InChI is InChI=1S/C21H28N4O2/c26-19(24-17-13-5-11-6-14(17)9-21(27,7-11)8-13)16-10-22-20(23-15-3-4-15)25-18(16)12-1-2-12/h10-15,17,27H,1-9H2,(H,24,26)(H,22,23,25). The van der Waals surface area contributed by atoms with E-state index in [1.54, 1.807) is 6.20 Å². The molecule has 0 saturated heterocycles. The lowest BCUT2D eigenvalue weighted by Crippen LogP contribution is -2.61. The van der Waals surface area contributed by atoms with Crippen LogP contribution >= 0.6 is 0 Å². The number of hydrogen-bond donors (Lipinski definition) is 3. The van der Waals surface area contributed by atoms with E-state index in [1.165, 1.54) is 12.8 Å². The lowest BCUT2D eigenvalue weighted by atomic mass is 9.52. The van der Waals surface area contributed by atoms with Gasteiger partial charge in [0.25, 0.3) is 5.91 Å². The van der Waals surface area contributed by atoms with Crippen LogP contribution in [0.5, 0.6) is 0 Å². The van der Waals surface area contributed by atoms with Crippen molar-refractivity contribution in [2.45, 2.75) is 81.4 Å². The van der Waals surface area contributed by atoms with Crippen molar-refractivity contribution in [1.82, 2.24) is 15.3 Å². The Kier molecular flexibility index (Phi) is 3.41. The zero-order valence-corrected chi connectivity index (χ0v) is 15.7. The summed E-state index contributed by atoms with van der Waals surface area (Å²) in [5, 5.41) is 17.5. The second-order valence-electron chi connectivity index (χ2n) is 9.88. The van der Waals surface area contributed by atoms with Gasteiger partial charge in [0.2, 0.25) is 5.95 Å². The second-order valence-corrected chi connectivity index (χ2v) is 9.88. The molecule has 6 saturated carbocycles. The Bertz CT molecular complexity index is 772. The zero-order chi connectivity index (χ0) is 18.2. The highest BCUT2D eigenvalue weighted by Gasteiger charge is 2.55. The molecule has 0 aliphatic heterocycles. The molecule has 1 aromatic heterocycles. The van der Waals surface area contributed by atoms with Crippen LogP contribution in [0, 0.1) is 17.8 Å². The largest absolute Gasteiger partial charge is 0.390 e. The van der Waals surface area contributed by atoms with Gasteiger partial charge in [-0.15, -0.1) is 0 Å². The molecule has 2 unspecified atom stereocenters. The number of nitrogens with zero attached hydrogens (tertiary/aromatic N) is 2. The molecule has 3 N–H and O–H groups in total. The van der Waals surface area contributed by atoms with E-state index in [4.69, 9.17) is 4.98 Å². The SMILES string of the molecule is O=C(NC1C2CC3CC1CC(O)(C3)C2)c1cnc(NC2CC2)nc1C1CC1. The fourth-order valence-electron chi connectivity index (χ4n) is 6.16. The number of aromatic nitrogens is 2. The van der Waals surface area contributed by atoms with Gasteiger partial charge in [0, 0.05) is 24.2 Å². The fourth-order valence-corrected chi connectivity index (χ4v) is 6.16. The third-order valence-corrected chi connectivity index (χ3v) is 7.48. The van der Waals surface area contributed by atoms with Crippen LogP contribution in [0.2, 0.25) is 0 Å². The summed E-state index contributed by atoms with van der Waals surface area (Å²) in [6, 6.07) is 0.709. The van der Waals surface area contributed by atoms with E-state index in [0.717, 1.165) is 50.6 Å². The molecule has 6 fully saturated rings. The predicted molar refractivity (Wildman–Crippen MR) is 100 cm³/mol. The van der Waals surface area contributed by atoms with E-state index < -0.39 is 5.60 Å². The fraction of sp³-hybridized carbons (Fsp3) is 0.762. The van der Waals surface area contributed by atoms with Crippen LogP contribution in [-0.4, -0.2) is 38.7 Å². The van der Waals surface area contributed by atoms with E-state index in [0.29, 0.717) is 41.2 Å². The summed E-state index contributed by atoms with van der Waals surface area (Å²) in [5.41, 5.74) is 1.12. The van der Waals surface area contributed by atoms with Gasteiger partial charge in [-0.1, -0.05) is 0 Å². The Morgan fingerprint density at radius 2 is 1.85 bits per heavy atom. The Morgan fingerprint density at radius 3 is 2.48 bits per heavy atom. The smallest absolute Gasteiger partial charge is 0.254 e. The highest BCUT2D eigenvalue weighted by atomic mass is 16.3. The van der Waals surface area contributed by atoms with Crippen molar-refractivity contribution in [2.75, 3.05) is 5.32 Å². The average molecular weight is 368 g/mol. The van der Waals surface area contributed by atoms with Crippen molar-refractivity contribution in [3.8, 4) is 0 Å². The first-order valence-corrected chi connectivity index (χ1v) is 10.7. The van der Waals surface area contributed by atoms with Crippen LogP contribution < -0.4 is 10.6 Å². The monoisotopic (exact) mass is 368 g/mol. The van der Waals surface area contributed by atoms with Crippen molar-refractivity contribution >= 4 is 11.9 Å². The summed E-state index contributed by atoms with van der Waals surface area (Å²) in [5.74, 6) is 2.57. The van der Waals surface area contributed by atoms with E-state index in [2.05, 4.69) is 15.6 Å². The number of hydrogen-bond acceptors (Lipinski definition) is 5. The first-order valence-electron chi connectivity index (χ1n) is 10.7. The summed E-state index contributed by atoms with van der Waals surface area (Å²) < 4.78 is 0. The van der Waals surface area contributed by atoms with Crippen LogP contribution in [0.25, 0.3) is 0 Å². The van der Waals surface area contributed by atoms with Crippen molar-refractivity contribution in [3.05, 3.63) is 17.5 Å². The minimum atomic E-state index is -0.462. The maximum Gasteiger partial charge on any atom is 0.254 e. The van der Waals surface area contributed by atoms with Gasteiger partial charge in [0.05, 0.1) is 16.9 Å². The third kappa shape index (κ3) is 2.93. The number of rotatable bonds is 5. The number of carbonyl (C=O) groups is 1. The van der Waals surface area contributed by atoms with Gasteiger partial charge in [0.15, 0.2) is 0 Å². The van der Waals surface area contributed by atoms with Crippen LogP contribution in [0.15, 0.2) is 6.20 Å². The van der Waals surface area contributed by atoms with Gasteiger partial charge < -0.3 is 15.7 Å².